The molecule has 1 amide bonds. The Morgan fingerprint density at radius 2 is 2.11 bits per heavy atom. The summed E-state index contributed by atoms with van der Waals surface area (Å²) in [4.78, 5) is 27.6. The molecule has 18 heavy (non-hydrogen) atoms. The van der Waals surface area contributed by atoms with Crippen molar-refractivity contribution in [2.75, 3.05) is 39.8 Å². The summed E-state index contributed by atoms with van der Waals surface area (Å²) in [6.45, 7) is 6.59. The van der Waals surface area contributed by atoms with Crippen LogP contribution < -0.4 is 0 Å². The van der Waals surface area contributed by atoms with E-state index >= 15 is 0 Å². The lowest BCUT2D eigenvalue weighted by atomic mass is 10.1. The highest BCUT2D eigenvalue weighted by Crippen LogP contribution is 2.17. The lowest BCUT2D eigenvalue weighted by Crippen LogP contribution is -2.41. The molecule has 0 spiro atoms. The van der Waals surface area contributed by atoms with Gasteiger partial charge in [-0.25, -0.2) is 0 Å². The Bertz CT molecular complexity index is 294. The van der Waals surface area contributed by atoms with Crippen LogP contribution in [0.2, 0.25) is 0 Å². The second kappa shape index (κ2) is 7.36. The Kier molecular flexibility index (Phi) is 6.12. The van der Waals surface area contributed by atoms with E-state index in [0.717, 1.165) is 25.9 Å². The van der Waals surface area contributed by atoms with Gasteiger partial charge >= 0.3 is 5.97 Å². The summed E-state index contributed by atoms with van der Waals surface area (Å²) in [5.41, 5.74) is 0. The van der Waals surface area contributed by atoms with Crippen LogP contribution in [0, 0.1) is 5.92 Å². The normalized spacial score (nSPS) is 19.8. The predicted molar refractivity (Wildman–Crippen MR) is 69.1 cm³/mol. The molecule has 1 fully saturated rings. The second-order valence-corrected chi connectivity index (χ2v) is 4.81. The lowest BCUT2D eigenvalue weighted by molar-refractivity contribution is -0.150. The Hall–Kier alpha value is -1.10. The number of likely N-dealkylation sites (tertiary alicyclic amines) is 1. The highest BCUT2D eigenvalue weighted by molar-refractivity contribution is 5.84. The van der Waals surface area contributed by atoms with E-state index in [1.165, 1.54) is 0 Å². The van der Waals surface area contributed by atoms with Gasteiger partial charge in [-0.3, -0.25) is 9.59 Å². The van der Waals surface area contributed by atoms with E-state index in [0.29, 0.717) is 13.2 Å². The van der Waals surface area contributed by atoms with Crippen molar-refractivity contribution in [2.45, 2.75) is 26.7 Å². The van der Waals surface area contributed by atoms with Crippen molar-refractivity contribution in [3.05, 3.63) is 0 Å². The highest BCUT2D eigenvalue weighted by atomic mass is 16.5. The summed E-state index contributed by atoms with van der Waals surface area (Å²) >= 11 is 0. The number of hydrogen-bond acceptors (Lipinski definition) is 4. The third-order valence-electron chi connectivity index (χ3n) is 3.17. The molecule has 1 aliphatic heterocycles. The zero-order chi connectivity index (χ0) is 13.5. The van der Waals surface area contributed by atoms with Crippen molar-refractivity contribution < 1.29 is 14.3 Å². The smallest absolute Gasteiger partial charge is 0.325 e. The molecule has 0 N–H and O–H groups in total. The fraction of sp³-hybridized carbons (Fsp3) is 0.846. The standard InChI is InChI=1S/C13H24N2O3/c1-4-7-15(10-12(16)18-5-2)13(17)11-6-8-14(3)9-11/h11H,4-10H2,1-3H3. The van der Waals surface area contributed by atoms with E-state index in [2.05, 4.69) is 4.90 Å². The van der Waals surface area contributed by atoms with Gasteiger partial charge in [-0.05, 0) is 33.4 Å². The molecule has 1 rings (SSSR count). The average Bonchev–Trinajstić information content (AvgIpc) is 2.75. The van der Waals surface area contributed by atoms with Crippen LogP contribution >= 0.6 is 0 Å². The minimum Gasteiger partial charge on any atom is -0.465 e. The van der Waals surface area contributed by atoms with Crippen LogP contribution in [0.15, 0.2) is 0 Å². The summed E-state index contributed by atoms with van der Waals surface area (Å²) in [6, 6.07) is 0. The van der Waals surface area contributed by atoms with Crippen molar-refractivity contribution in [3.8, 4) is 0 Å². The summed E-state index contributed by atoms with van der Waals surface area (Å²) in [5, 5.41) is 0. The van der Waals surface area contributed by atoms with E-state index in [4.69, 9.17) is 4.74 Å². The molecule has 1 atom stereocenters. The Morgan fingerprint density at radius 1 is 1.39 bits per heavy atom. The van der Waals surface area contributed by atoms with Crippen molar-refractivity contribution in [1.29, 1.82) is 0 Å². The number of ether oxygens (including phenoxy) is 1. The molecular formula is C13H24N2O3. The molecule has 0 aliphatic carbocycles. The number of hydrogen-bond donors (Lipinski definition) is 0. The van der Waals surface area contributed by atoms with Gasteiger partial charge in [0.05, 0.1) is 12.5 Å². The Balaban J connectivity index is 2.54. The third-order valence-corrected chi connectivity index (χ3v) is 3.17. The SMILES string of the molecule is CCCN(CC(=O)OCC)C(=O)C1CCN(C)C1. The van der Waals surface area contributed by atoms with Gasteiger partial charge in [0.1, 0.15) is 6.54 Å². The number of carbonyl (C=O) groups excluding carboxylic acids is 2. The largest absolute Gasteiger partial charge is 0.465 e. The zero-order valence-corrected chi connectivity index (χ0v) is 11.6. The summed E-state index contributed by atoms with van der Waals surface area (Å²) < 4.78 is 4.91. The van der Waals surface area contributed by atoms with Crippen LogP contribution in [0.25, 0.3) is 0 Å². The lowest BCUT2D eigenvalue weighted by Gasteiger charge is -2.24. The topological polar surface area (TPSA) is 49.9 Å². The van der Waals surface area contributed by atoms with E-state index in [9.17, 15) is 9.59 Å². The van der Waals surface area contributed by atoms with Crippen molar-refractivity contribution in [3.63, 3.8) is 0 Å². The molecule has 104 valence electrons. The highest BCUT2D eigenvalue weighted by Gasteiger charge is 2.30. The van der Waals surface area contributed by atoms with Gasteiger partial charge in [-0.15, -0.1) is 0 Å². The second-order valence-electron chi connectivity index (χ2n) is 4.81. The molecular weight excluding hydrogens is 232 g/mol. The minimum absolute atomic E-state index is 0.0379. The van der Waals surface area contributed by atoms with Gasteiger partial charge in [-0.2, -0.15) is 0 Å². The molecule has 0 aromatic rings. The van der Waals surface area contributed by atoms with Gasteiger partial charge in [0.25, 0.3) is 0 Å². The Labute approximate surface area is 109 Å². The summed E-state index contributed by atoms with van der Waals surface area (Å²) in [7, 11) is 2.02. The van der Waals surface area contributed by atoms with Crippen LogP contribution in [0.4, 0.5) is 0 Å². The van der Waals surface area contributed by atoms with Crippen molar-refractivity contribution in [1.82, 2.24) is 9.80 Å². The van der Waals surface area contributed by atoms with Crippen LogP contribution in [-0.2, 0) is 14.3 Å². The van der Waals surface area contributed by atoms with Crippen LogP contribution in [0.5, 0.6) is 0 Å². The van der Waals surface area contributed by atoms with E-state index in [1.807, 2.05) is 14.0 Å². The molecule has 0 bridgehead atoms. The van der Waals surface area contributed by atoms with Gasteiger partial charge in [0.2, 0.25) is 5.91 Å². The average molecular weight is 256 g/mol. The van der Waals surface area contributed by atoms with Gasteiger partial charge < -0.3 is 14.5 Å². The summed E-state index contributed by atoms with van der Waals surface area (Å²) in [6.07, 6.45) is 1.74. The number of rotatable bonds is 6. The Morgan fingerprint density at radius 3 is 2.61 bits per heavy atom. The molecule has 5 nitrogen and oxygen atoms in total. The number of amides is 1. The van der Waals surface area contributed by atoms with Crippen molar-refractivity contribution >= 4 is 11.9 Å². The molecule has 5 heteroatoms. The number of nitrogens with zero attached hydrogens (tertiary/aromatic N) is 2. The molecule has 1 unspecified atom stereocenters. The zero-order valence-electron chi connectivity index (χ0n) is 11.6. The number of esters is 1. The first-order chi connectivity index (χ1) is 8.58. The maximum absolute atomic E-state index is 12.3. The molecule has 0 aromatic heterocycles. The number of carbonyl (C=O) groups is 2. The van der Waals surface area contributed by atoms with Gasteiger partial charge in [0, 0.05) is 13.1 Å². The van der Waals surface area contributed by atoms with E-state index in [-0.39, 0.29) is 24.3 Å². The maximum atomic E-state index is 12.3. The molecule has 1 saturated heterocycles. The molecule has 1 aliphatic rings. The molecule has 1 heterocycles. The fourth-order valence-electron chi connectivity index (χ4n) is 2.29. The third kappa shape index (κ3) is 4.29. The van der Waals surface area contributed by atoms with Gasteiger partial charge in [-0.1, -0.05) is 6.92 Å². The van der Waals surface area contributed by atoms with Crippen LogP contribution in [0.1, 0.15) is 26.7 Å². The first-order valence-corrected chi connectivity index (χ1v) is 6.71. The van der Waals surface area contributed by atoms with Crippen LogP contribution in [-0.4, -0.2) is 61.5 Å². The van der Waals surface area contributed by atoms with Crippen molar-refractivity contribution in [2.24, 2.45) is 5.92 Å². The monoisotopic (exact) mass is 256 g/mol. The first kappa shape index (κ1) is 15.0. The molecule has 0 aromatic carbocycles. The fourth-order valence-corrected chi connectivity index (χ4v) is 2.29. The maximum Gasteiger partial charge on any atom is 0.325 e. The summed E-state index contributed by atoms with van der Waals surface area (Å²) in [5.74, 6) is -0.184. The molecule has 0 radical (unpaired) electrons. The van der Waals surface area contributed by atoms with Crippen LogP contribution in [0.3, 0.4) is 0 Å². The van der Waals surface area contributed by atoms with E-state index in [1.54, 1.807) is 11.8 Å². The van der Waals surface area contributed by atoms with E-state index < -0.39 is 0 Å². The first-order valence-electron chi connectivity index (χ1n) is 6.71. The van der Waals surface area contributed by atoms with Gasteiger partial charge in [0.15, 0.2) is 0 Å². The minimum atomic E-state index is -0.314. The predicted octanol–water partition coefficient (Wildman–Crippen LogP) is 0.740. The quantitative estimate of drug-likeness (QED) is 0.658. The molecule has 0 saturated carbocycles.